The Balaban J connectivity index is 1.59. The van der Waals surface area contributed by atoms with Crippen molar-refractivity contribution in [2.75, 3.05) is 13.2 Å². The van der Waals surface area contributed by atoms with E-state index in [2.05, 4.69) is 4.98 Å². The minimum absolute atomic E-state index is 0.0209. The molecule has 1 aromatic heterocycles. The summed E-state index contributed by atoms with van der Waals surface area (Å²) in [6, 6.07) is 7.90. The van der Waals surface area contributed by atoms with E-state index in [9.17, 15) is 14.4 Å². The van der Waals surface area contributed by atoms with Gasteiger partial charge in [0.05, 0.1) is 24.9 Å². The molecule has 9 nitrogen and oxygen atoms in total. The Morgan fingerprint density at radius 3 is 2.70 bits per heavy atom. The normalized spacial score (nSPS) is 31.5. The van der Waals surface area contributed by atoms with Crippen LogP contribution in [0, 0.1) is 6.92 Å². The van der Waals surface area contributed by atoms with Crippen LogP contribution in [0.3, 0.4) is 0 Å². The van der Waals surface area contributed by atoms with Crippen LogP contribution in [0.1, 0.15) is 35.8 Å². The summed E-state index contributed by atoms with van der Waals surface area (Å²) in [4.78, 5) is 39.5. The van der Waals surface area contributed by atoms with Gasteiger partial charge in [0.15, 0.2) is 6.10 Å². The Labute approximate surface area is 199 Å². The Bertz CT molecular complexity index is 1170. The van der Waals surface area contributed by atoms with E-state index >= 15 is 0 Å². The van der Waals surface area contributed by atoms with Crippen LogP contribution in [0.4, 0.5) is 0 Å². The average molecular weight is 513 g/mol. The van der Waals surface area contributed by atoms with Gasteiger partial charge in [-0.05, 0) is 37.8 Å². The van der Waals surface area contributed by atoms with Gasteiger partial charge in [-0.1, -0.05) is 36.5 Å². The number of esters is 1. The summed E-state index contributed by atoms with van der Waals surface area (Å²) >= 11 is 7.10. The summed E-state index contributed by atoms with van der Waals surface area (Å²) < 4.78 is 24.9. The number of benzene rings is 1. The van der Waals surface area contributed by atoms with Crippen LogP contribution in [-0.2, 0) is 30.3 Å². The number of carbonyl (C=O) groups is 1. The van der Waals surface area contributed by atoms with Crippen molar-refractivity contribution in [3.63, 3.8) is 0 Å². The van der Waals surface area contributed by atoms with E-state index in [0.717, 1.165) is 0 Å². The minimum atomic E-state index is -2.56. The monoisotopic (exact) mass is 512 g/mol. The topological polar surface area (TPSA) is 109 Å². The number of nitrogens with one attached hydrogen (secondary N) is 1. The van der Waals surface area contributed by atoms with Crippen molar-refractivity contribution in [2.45, 2.75) is 50.4 Å². The van der Waals surface area contributed by atoms with E-state index in [1.807, 2.05) is 13.8 Å². The number of rotatable bonds is 6. The van der Waals surface area contributed by atoms with E-state index in [1.165, 1.54) is 22.1 Å². The van der Waals surface area contributed by atoms with Gasteiger partial charge in [0.1, 0.15) is 12.1 Å². The number of H-pyrrole nitrogens is 1. The maximum atomic E-state index is 12.8. The summed E-state index contributed by atoms with van der Waals surface area (Å²) in [5.74, 6) is -0.549. The first kappa shape index (κ1) is 24.4. The second-order valence-corrected chi connectivity index (χ2v) is 14.5. The van der Waals surface area contributed by atoms with Crippen molar-refractivity contribution in [3.8, 4) is 0 Å². The third kappa shape index (κ3) is 5.34. The van der Waals surface area contributed by atoms with Crippen molar-refractivity contribution in [1.29, 1.82) is 0 Å². The van der Waals surface area contributed by atoms with Gasteiger partial charge in [0.2, 0.25) is 5.69 Å². The van der Waals surface area contributed by atoms with Crippen LogP contribution >= 0.6 is 17.1 Å². The van der Waals surface area contributed by atoms with Crippen LogP contribution in [0.25, 0.3) is 0 Å². The zero-order valence-electron chi connectivity index (χ0n) is 18.3. The highest BCUT2D eigenvalue weighted by molar-refractivity contribution is 8.68. The third-order valence-electron chi connectivity index (χ3n) is 5.63. The van der Waals surface area contributed by atoms with Crippen molar-refractivity contribution in [2.24, 2.45) is 0 Å². The van der Waals surface area contributed by atoms with Gasteiger partial charge in [-0.15, -0.1) is 0 Å². The number of carbonyl (C=O) groups excluding carboxylic acids is 1. The largest absolute Gasteiger partial charge is 0.454 e. The van der Waals surface area contributed by atoms with E-state index in [-0.39, 0.29) is 24.6 Å². The molecule has 0 aliphatic carbocycles. The smallest absolute Gasteiger partial charge is 0.338 e. The number of nitrogens with zero attached hydrogens (tertiary/aromatic N) is 1. The molecule has 2 fully saturated rings. The number of hydrogen-bond donors (Lipinski definition) is 1. The summed E-state index contributed by atoms with van der Waals surface area (Å²) in [6.07, 6.45) is -0.0860. The molecule has 2 aliphatic heterocycles. The number of aromatic nitrogens is 2. The molecule has 1 aromatic carbocycles. The molecule has 0 amide bonds. The van der Waals surface area contributed by atoms with Crippen LogP contribution in [-0.4, -0.2) is 52.3 Å². The Morgan fingerprint density at radius 1 is 1.30 bits per heavy atom. The van der Waals surface area contributed by atoms with Crippen molar-refractivity contribution in [3.05, 3.63) is 68.5 Å². The van der Waals surface area contributed by atoms with Crippen molar-refractivity contribution < 1.29 is 23.3 Å². The molecule has 0 saturated carbocycles. The van der Waals surface area contributed by atoms with Gasteiger partial charge >= 0.3 is 11.7 Å². The predicted molar refractivity (Wildman–Crippen MR) is 128 cm³/mol. The van der Waals surface area contributed by atoms with Gasteiger partial charge in [0.25, 0.3) is 5.56 Å². The molecule has 3 heterocycles. The van der Waals surface area contributed by atoms with E-state index in [0.29, 0.717) is 11.1 Å². The molecule has 0 spiro atoms. The molecule has 0 bridgehead atoms. The lowest BCUT2D eigenvalue weighted by Gasteiger charge is -2.25. The van der Waals surface area contributed by atoms with Crippen LogP contribution in [0.2, 0.25) is 0 Å². The highest BCUT2D eigenvalue weighted by atomic mass is 32.9. The zero-order valence-corrected chi connectivity index (χ0v) is 20.9. The van der Waals surface area contributed by atoms with Crippen molar-refractivity contribution >= 4 is 34.9 Å². The SMILES string of the molecule is Cc1cn(C2CO[C@H](COP3(=S)O[C@H](C)[C@H](C)S3)[C@H]2OC(=O)c2ccccc2)c(=O)[nH]c1=O. The molecule has 33 heavy (non-hydrogen) atoms. The summed E-state index contributed by atoms with van der Waals surface area (Å²) in [5, 5.41) is 0.211. The number of hydrogen-bond acceptors (Lipinski definition) is 9. The molecule has 4 rings (SSSR count). The molecule has 2 unspecified atom stereocenters. The minimum Gasteiger partial charge on any atom is -0.454 e. The third-order valence-corrected chi connectivity index (χ3v) is 11.4. The maximum absolute atomic E-state index is 12.8. The molecular formula is C21H25N2O7PS2. The van der Waals surface area contributed by atoms with Gasteiger partial charge in [-0.2, -0.15) is 0 Å². The first-order chi connectivity index (χ1) is 15.7. The molecule has 2 saturated heterocycles. The summed E-state index contributed by atoms with van der Waals surface area (Å²) in [7, 11) is 0. The molecular weight excluding hydrogens is 487 g/mol. The summed E-state index contributed by atoms with van der Waals surface area (Å²) in [6.45, 7) is 5.72. The van der Waals surface area contributed by atoms with E-state index in [4.69, 9.17) is 30.3 Å². The average Bonchev–Trinajstić information content (AvgIpc) is 3.29. The lowest BCUT2D eigenvalue weighted by molar-refractivity contribution is -0.0186. The Hall–Kier alpha value is -1.75. The zero-order chi connectivity index (χ0) is 23.8. The highest BCUT2D eigenvalue weighted by Crippen LogP contribution is 2.69. The first-order valence-corrected chi connectivity index (χ1v) is 14.6. The Morgan fingerprint density at radius 2 is 2.03 bits per heavy atom. The second-order valence-electron chi connectivity index (χ2n) is 8.02. The molecule has 12 heteroatoms. The molecule has 0 radical (unpaired) electrons. The predicted octanol–water partition coefficient (Wildman–Crippen LogP) is 2.79. The first-order valence-electron chi connectivity index (χ1n) is 10.5. The van der Waals surface area contributed by atoms with Crippen LogP contribution in [0.5, 0.6) is 0 Å². The number of ether oxygens (including phenoxy) is 2. The maximum Gasteiger partial charge on any atom is 0.338 e. The summed E-state index contributed by atoms with van der Waals surface area (Å²) in [5.41, 5.74) is -2.90. The van der Waals surface area contributed by atoms with Gasteiger partial charge in [0, 0.05) is 17.0 Å². The van der Waals surface area contributed by atoms with E-state index < -0.39 is 41.2 Å². The van der Waals surface area contributed by atoms with Gasteiger partial charge in [-0.3, -0.25) is 14.3 Å². The van der Waals surface area contributed by atoms with Gasteiger partial charge in [-0.25, -0.2) is 9.59 Å². The lowest BCUT2D eigenvalue weighted by atomic mass is 10.1. The second kappa shape index (κ2) is 9.85. The number of aryl methyl sites for hydroxylation is 1. The fraction of sp³-hybridized carbons (Fsp3) is 0.476. The van der Waals surface area contributed by atoms with Crippen LogP contribution in [0.15, 0.2) is 46.1 Å². The fourth-order valence-corrected chi connectivity index (χ4v) is 9.90. The fourth-order valence-electron chi connectivity index (χ4n) is 3.62. The molecule has 178 valence electrons. The van der Waals surface area contributed by atoms with Crippen molar-refractivity contribution in [1.82, 2.24) is 9.55 Å². The number of aromatic amines is 1. The van der Waals surface area contributed by atoms with Crippen LogP contribution < -0.4 is 11.2 Å². The molecule has 6 atom stereocenters. The quantitative estimate of drug-likeness (QED) is 0.462. The van der Waals surface area contributed by atoms with Gasteiger partial charge < -0.3 is 18.5 Å². The molecule has 2 aliphatic rings. The van der Waals surface area contributed by atoms with E-state index in [1.54, 1.807) is 37.3 Å². The standard InChI is InChI=1S/C21H25N2O7PS2/c1-12-9-23(21(26)22-19(12)24)16-10-27-17(11-28-31(32)30-13(2)14(3)33-31)18(16)29-20(25)15-7-5-4-6-8-15/h4-9,13-14,16-18H,10-11H2,1-3H3,(H,22,24,26)/t13-,14+,16?,17-,18+,31?/m1/s1. The Kier molecular flexibility index (Phi) is 7.28. The lowest BCUT2D eigenvalue weighted by Crippen LogP contribution is -2.41. The molecule has 1 N–H and O–H groups in total. The highest BCUT2D eigenvalue weighted by Gasteiger charge is 2.44. The molecule has 2 aromatic rings.